The Kier molecular flexibility index (Phi) is 5.88. The van der Waals surface area contributed by atoms with Crippen LogP contribution in [-0.4, -0.2) is 33.4 Å². The molecule has 1 N–H and O–H groups in total. The predicted molar refractivity (Wildman–Crippen MR) is 84.1 cm³/mol. The van der Waals surface area contributed by atoms with Crippen molar-refractivity contribution in [1.29, 1.82) is 0 Å². The Morgan fingerprint density at radius 3 is 2.48 bits per heavy atom. The van der Waals surface area contributed by atoms with Crippen LogP contribution in [0.2, 0.25) is 0 Å². The summed E-state index contributed by atoms with van der Waals surface area (Å²) in [5.74, 6) is 2.12. The quantitative estimate of drug-likeness (QED) is 0.874. The molecule has 1 aromatic rings. The van der Waals surface area contributed by atoms with Crippen LogP contribution >= 0.6 is 0 Å². The highest BCUT2D eigenvalue weighted by Gasteiger charge is 2.28. The molecule has 0 amide bonds. The Labute approximate surface area is 127 Å². The second-order valence-corrected chi connectivity index (χ2v) is 5.51. The van der Waals surface area contributed by atoms with Gasteiger partial charge in [-0.3, -0.25) is 0 Å². The lowest BCUT2D eigenvalue weighted by Crippen LogP contribution is -2.44. The highest BCUT2D eigenvalue weighted by molar-refractivity contribution is 5.43. The van der Waals surface area contributed by atoms with Crippen LogP contribution in [0.25, 0.3) is 0 Å². The fourth-order valence-corrected chi connectivity index (χ4v) is 3.01. The monoisotopic (exact) mass is 293 g/mol. The van der Waals surface area contributed by atoms with E-state index in [1.165, 1.54) is 0 Å². The average Bonchev–Trinajstić information content (AvgIpc) is 2.55. The minimum Gasteiger partial charge on any atom is -0.493 e. The van der Waals surface area contributed by atoms with Gasteiger partial charge in [-0.2, -0.15) is 0 Å². The van der Waals surface area contributed by atoms with Crippen LogP contribution in [0.15, 0.2) is 18.2 Å². The van der Waals surface area contributed by atoms with Crippen molar-refractivity contribution < 1.29 is 14.2 Å². The molecule has 2 atom stereocenters. The van der Waals surface area contributed by atoms with Crippen molar-refractivity contribution in [3.8, 4) is 11.5 Å². The molecule has 0 spiro atoms. The summed E-state index contributed by atoms with van der Waals surface area (Å²) >= 11 is 0. The summed E-state index contributed by atoms with van der Waals surface area (Å²) in [6.07, 6.45) is 2.67. The van der Waals surface area contributed by atoms with E-state index in [4.69, 9.17) is 14.2 Å². The Bertz CT molecular complexity index is 446. The van der Waals surface area contributed by atoms with Gasteiger partial charge in [0.05, 0.1) is 26.4 Å². The van der Waals surface area contributed by atoms with E-state index < -0.39 is 0 Å². The third-order valence-electron chi connectivity index (χ3n) is 4.37. The molecule has 1 aromatic carbocycles. The molecular weight excluding hydrogens is 266 g/mol. The van der Waals surface area contributed by atoms with E-state index in [1.54, 1.807) is 14.2 Å². The molecule has 0 aromatic heterocycles. The fraction of sp³-hybridized carbons (Fsp3) is 0.647. The number of ether oxygens (including phenoxy) is 3. The van der Waals surface area contributed by atoms with Crippen LogP contribution in [0.5, 0.6) is 11.5 Å². The molecule has 1 saturated heterocycles. The first-order chi connectivity index (χ1) is 10.2. The summed E-state index contributed by atoms with van der Waals surface area (Å²) in [6, 6.07) is 6.02. The molecule has 21 heavy (non-hydrogen) atoms. The van der Waals surface area contributed by atoms with Crippen molar-refractivity contribution in [3.05, 3.63) is 23.8 Å². The first-order valence-corrected chi connectivity index (χ1v) is 7.81. The minimum atomic E-state index is 0.0733. The van der Waals surface area contributed by atoms with Gasteiger partial charge in [0.2, 0.25) is 0 Å². The van der Waals surface area contributed by atoms with Crippen LogP contribution in [0, 0.1) is 5.92 Å². The number of benzene rings is 1. The molecule has 0 saturated carbocycles. The summed E-state index contributed by atoms with van der Waals surface area (Å²) < 4.78 is 17.0. The first kappa shape index (κ1) is 16.1. The van der Waals surface area contributed by atoms with Crippen molar-refractivity contribution in [1.82, 2.24) is 5.32 Å². The molecule has 1 heterocycles. The zero-order valence-electron chi connectivity index (χ0n) is 13.5. The van der Waals surface area contributed by atoms with Gasteiger partial charge in [-0.1, -0.05) is 32.8 Å². The van der Waals surface area contributed by atoms with Gasteiger partial charge in [-0.15, -0.1) is 0 Å². The molecule has 118 valence electrons. The van der Waals surface area contributed by atoms with Gasteiger partial charge in [0.15, 0.2) is 11.5 Å². The third kappa shape index (κ3) is 3.69. The van der Waals surface area contributed by atoms with Crippen LogP contribution in [0.3, 0.4) is 0 Å². The molecule has 2 rings (SSSR count). The zero-order valence-corrected chi connectivity index (χ0v) is 13.5. The second kappa shape index (κ2) is 7.66. The van der Waals surface area contributed by atoms with Crippen LogP contribution < -0.4 is 14.8 Å². The Morgan fingerprint density at radius 2 is 1.86 bits per heavy atom. The average molecular weight is 293 g/mol. The zero-order chi connectivity index (χ0) is 15.2. The lowest BCUT2D eigenvalue weighted by molar-refractivity contribution is -0.0688. The van der Waals surface area contributed by atoms with E-state index in [0.29, 0.717) is 5.92 Å². The fourth-order valence-electron chi connectivity index (χ4n) is 3.01. The number of hydrogen-bond donors (Lipinski definition) is 1. The molecule has 0 bridgehead atoms. The van der Waals surface area contributed by atoms with Crippen molar-refractivity contribution in [2.45, 2.75) is 38.9 Å². The Balaban J connectivity index is 2.14. The van der Waals surface area contributed by atoms with E-state index in [0.717, 1.165) is 43.0 Å². The maximum Gasteiger partial charge on any atom is 0.161 e. The normalized spacial score (nSPS) is 22.3. The molecular formula is C17H27NO3. The third-order valence-corrected chi connectivity index (χ3v) is 4.37. The van der Waals surface area contributed by atoms with Gasteiger partial charge in [0.1, 0.15) is 0 Å². The largest absolute Gasteiger partial charge is 0.493 e. The summed E-state index contributed by atoms with van der Waals surface area (Å²) in [5, 5.41) is 3.50. The van der Waals surface area contributed by atoms with Gasteiger partial charge in [-0.05, 0) is 23.6 Å². The van der Waals surface area contributed by atoms with Gasteiger partial charge < -0.3 is 19.5 Å². The lowest BCUT2D eigenvalue weighted by atomic mass is 9.94. The Morgan fingerprint density at radius 1 is 1.14 bits per heavy atom. The first-order valence-electron chi connectivity index (χ1n) is 7.81. The van der Waals surface area contributed by atoms with Gasteiger partial charge in [0, 0.05) is 13.1 Å². The molecule has 0 radical (unpaired) electrons. The summed E-state index contributed by atoms with van der Waals surface area (Å²) in [6.45, 7) is 6.25. The van der Waals surface area contributed by atoms with Crippen molar-refractivity contribution in [2.24, 2.45) is 5.92 Å². The molecule has 4 nitrogen and oxygen atoms in total. The molecule has 0 aliphatic carbocycles. The van der Waals surface area contributed by atoms with Crippen molar-refractivity contribution in [2.75, 3.05) is 27.3 Å². The van der Waals surface area contributed by atoms with E-state index >= 15 is 0 Å². The number of morpholine rings is 1. The SMILES string of the molecule is CCC(CC)C1CNCC(c2ccc(OC)c(OC)c2)O1. The van der Waals surface area contributed by atoms with Crippen LogP contribution in [0.1, 0.15) is 38.4 Å². The molecule has 1 aliphatic heterocycles. The molecule has 4 heteroatoms. The summed E-state index contributed by atoms with van der Waals surface area (Å²) in [7, 11) is 3.31. The Hall–Kier alpha value is -1.26. The second-order valence-electron chi connectivity index (χ2n) is 5.51. The maximum absolute atomic E-state index is 6.33. The number of hydrogen-bond acceptors (Lipinski definition) is 4. The molecule has 1 aliphatic rings. The van der Waals surface area contributed by atoms with Crippen molar-refractivity contribution in [3.63, 3.8) is 0 Å². The highest BCUT2D eigenvalue weighted by Crippen LogP contribution is 2.33. The van der Waals surface area contributed by atoms with E-state index in [2.05, 4.69) is 25.2 Å². The molecule has 1 fully saturated rings. The van der Waals surface area contributed by atoms with E-state index in [1.807, 2.05) is 12.1 Å². The van der Waals surface area contributed by atoms with E-state index in [-0.39, 0.29) is 12.2 Å². The number of methoxy groups -OCH3 is 2. The standard InChI is InChI=1S/C17H27NO3/c1-5-12(6-2)16-10-18-11-17(21-16)13-7-8-14(19-3)15(9-13)20-4/h7-9,12,16-18H,5-6,10-11H2,1-4H3. The number of nitrogens with one attached hydrogen (secondary N) is 1. The van der Waals surface area contributed by atoms with Gasteiger partial charge in [-0.25, -0.2) is 0 Å². The number of rotatable bonds is 6. The van der Waals surface area contributed by atoms with Gasteiger partial charge in [0.25, 0.3) is 0 Å². The lowest BCUT2D eigenvalue weighted by Gasteiger charge is -2.35. The molecule has 2 unspecified atom stereocenters. The van der Waals surface area contributed by atoms with Crippen LogP contribution in [0.4, 0.5) is 0 Å². The smallest absolute Gasteiger partial charge is 0.161 e. The van der Waals surface area contributed by atoms with E-state index in [9.17, 15) is 0 Å². The maximum atomic E-state index is 6.33. The van der Waals surface area contributed by atoms with Crippen molar-refractivity contribution >= 4 is 0 Å². The predicted octanol–water partition coefficient (Wildman–Crippen LogP) is 3.17. The summed E-state index contributed by atoms with van der Waals surface area (Å²) in [5.41, 5.74) is 1.14. The minimum absolute atomic E-state index is 0.0733. The summed E-state index contributed by atoms with van der Waals surface area (Å²) in [4.78, 5) is 0. The van der Waals surface area contributed by atoms with Gasteiger partial charge >= 0.3 is 0 Å². The highest BCUT2D eigenvalue weighted by atomic mass is 16.5. The van der Waals surface area contributed by atoms with Crippen LogP contribution in [-0.2, 0) is 4.74 Å². The topological polar surface area (TPSA) is 39.7 Å².